The van der Waals surface area contributed by atoms with Gasteiger partial charge in [-0.05, 0) is 13.3 Å². The number of ether oxygens (including phenoxy) is 3. The normalized spacial score (nSPS) is 19.0. The van der Waals surface area contributed by atoms with Crippen molar-refractivity contribution >= 4 is 17.6 Å². The number of amides is 1. The van der Waals surface area contributed by atoms with Gasteiger partial charge in [-0.3, -0.25) is 19.7 Å². The molecule has 1 N–H and O–H groups in total. The largest absolute Gasteiger partial charge is 0.493 e. The van der Waals surface area contributed by atoms with Crippen molar-refractivity contribution in [1.29, 1.82) is 0 Å². The third-order valence-corrected chi connectivity index (χ3v) is 4.39. The van der Waals surface area contributed by atoms with Gasteiger partial charge in [0.25, 0.3) is 11.6 Å². The standard InChI is InChI=1S/C17H22N2O8/c1-4-27-15-8-13(19(23)24)12(7-14(15)26-3)17(22)18-9-11(25-2)5-10(18)6-16(20)21/h7-8,10-11H,4-6,9H2,1-3H3,(H,20,21). The molecule has 2 unspecified atom stereocenters. The summed E-state index contributed by atoms with van der Waals surface area (Å²) in [6.45, 7) is 2.14. The molecule has 0 aliphatic carbocycles. The topological polar surface area (TPSA) is 128 Å². The molecule has 2 atom stereocenters. The van der Waals surface area contributed by atoms with Crippen LogP contribution >= 0.6 is 0 Å². The van der Waals surface area contributed by atoms with Crippen LogP contribution in [0, 0.1) is 10.1 Å². The van der Waals surface area contributed by atoms with Crippen molar-refractivity contribution in [2.24, 2.45) is 0 Å². The summed E-state index contributed by atoms with van der Waals surface area (Å²) in [7, 11) is 2.83. The lowest BCUT2D eigenvalue weighted by molar-refractivity contribution is -0.385. The Morgan fingerprint density at radius 2 is 2.04 bits per heavy atom. The lowest BCUT2D eigenvalue weighted by atomic mass is 10.1. The predicted octanol–water partition coefficient (Wildman–Crippen LogP) is 1.71. The summed E-state index contributed by atoms with van der Waals surface area (Å²) in [5, 5.41) is 20.6. The molecule has 1 aromatic carbocycles. The van der Waals surface area contributed by atoms with Crippen molar-refractivity contribution < 1.29 is 33.8 Å². The second-order valence-corrected chi connectivity index (χ2v) is 6.01. The number of hydrogen-bond acceptors (Lipinski definition) is 7. The van der Waals surface area contributed by atoms with E-state index in [-0.39, 0.29) is 42.7 Å². The van der Waals surface area contributed by atoms with Crippen molar-refractivity contribution in [3.05, 3.63) is 27.8 Å². The molecule has 0 bridgehead atoms. The van der Waals surface area contributed by atoms with E-state index in [1.54, 1.807) is 6.92 Å². The van der Waals surface area contributed by atoms with E-state index < -0.39 is 28.5 Å². The number of rotatable bonds is 8. The molecule has 10 heteroatoms. The van der Waals surface area contributed by atoms with E-state index >= 15 is 0 Å². The first-order valence-corrected chi connectivity index (χ1v) is 8.37. The minimum absolute atomic E-state index is 0.153. The molecular weight excluding hydrogens is 360 g/mol. The van der Waals surface area contributed by atoms with Gasteiger partial charge in [-0.15, -0.1) is 0 Å². The summed E-state index contributed by atoms with van der Waals surface area (Å²) < 4.78 is 15.8. The average Bonchev–Trinajstić information content (AvgIpc) is 3.03. The maximum Gasteiger partial charge on any atom is 0.305 e. The van der Waals surface area contributed by atoms with Crippen molar-refractivity contribution in [1.82, 2.24) is 4.90 Å². The zero-order valence-electron chi connectivity index (χ0n) is 15.3. The van der Waals surface area contributed by atoms with Gasteiger partial charge in [0.2, 0.25) is 0 Å². The number of nitrogens with zero attached hydrogens (tertiary/aromatic N) is 2. The van der Waals surface area contributed by atoms with Crippen LogP contribution < -0.4 is 9.47 Å². The maximum absolute atomic E-state index is 13.0. The highest BCUT2D eigenvalue weighted by atomic mass is 16.6. The van der Waals surface area contributed by atoms with Gasteiger partial charge >= 0.3 is 5.97 Å². The van der Waals surface area contributed by atoms with E-state index in [0.717, 1.165) is 6.07 Å². The smallest absolute Gasteiger partial charge is 0.305 e. The fraction of sp³-hybridized carbons (Fsp3) is 0.529. The summed E-state index contributed by atoms with van der Waals surface area (Å²) in [6.07, 6.45) is -0.258. The number of carboxylic acid groups (broad SMARTS) is 1. The Morgan fingerprint density at radius 1 is 1.33 bits per heavy atom. The van der Waals surface area contributed by atoms with E-state index in [4.69, 9.17) is 19.3 Å². The van der Waals surface area contributed by atoms with Crippen LogP contribution in [0.4, 0.5) is 5.69 Å². The molecule has 0 saturated carbocycles. The van der Waals surface area contributed by atoms with Crippen LogP contribution in [-0.4, -0.2) is 66.3 Å². The second kappa shape index (κ2) is 8.67. The zero-order chi connectivity index (χ0) is 20.1. The van der Waals surface area contributed by atoms with Crippen LogP contribution in [0.1, 0.15) is 30.1 Å². The Hall–Kier alpha value is -2.88. The molecule has 0 spiro atoms. The Bertz CT molecular complexity index is 736. The fourth-order valence-corrected chi connectivity index (χ4v) is 3.14. The zero-order valence-corrected chi connectivity index (χ0v) is 15.3. The van der Waals surface area contributed by atoms with E-state index in [1.807, 2.05) is 0 Å². The van der Waals surface area contributed by atoms with Gasteiger partial charge < -0.3 is 24.2 Å². The van der Waals surface area contributed by atoms with Crippen LogP contribution in [-0.2, 0) is 9.53 Å². The van der Waals surface area contributed by atoms with E-state index in [9.17, 15) is 19.7 Å². The maximum atomic E-state index is 13.0. The van der Waals surface area contributed by atoms with Gasteiger partial charge in [0.1, 0.15) is 5.56 Å². The number of benzene rings is 1. The number of carbonyl (C=O) groups excluding carboxylic acids is 1. The second-order valence-electron chi connectivity index (χ2n) is 6.01. The minimum Gasteiger partial charge on any atom is -0.493 e. The van der Waals surface area contributed by atoms with Crippen molar-refractivity contribution in [2.75, 3.05) is 27.4 Å². The van der Waals surface area contributed by atoms with Crippen LogP contribution in [0.15, 0.2) is 12.1 Å². The molecule has 1 saturated heterocycles. The van der Waals surface area contributed by atoms with Gasteiger partial charge in [0.15, 0.2) is 11.5 Å². The third kappa shape index (κ3) is 4.45. The van der Waals surface area contributed by atoms with Gasteiger partial charge in [0, 0.05) is 25.8 Å². The minimum atomic E-state index is -1.06. The summed E-state index contributed by atoms with van der Waals surface area (Å²) in [5.74, 6) is -1.37. The van der Waals surface area contributed by atoms with Crippen molar-refractivity contribution in [2.45, 2.75) is 31.9 Å². The average molecular weight is 382 g/mol. The fourth-order valence-electron chi connectivity index (χ4n) is 3.14. The van der Waals surface area contributed by atoms with Crippen molar-refractivity contribution in [3.8, 4) is 11.5 Å². The molecule has 148 valence electrons. The van der Waals surface area contributed by atoms with Gasteiger partial charge in [0.05, 0.1) is 37.2 Å². The summed E-state index contributed by atoms with van der Waals surface area (Å²) in [4.78, 5) is 36.3. The summed E-state index contributed by atoms with van der Waals surface area (Å²) in [6, 6.07) is 1.78. The van der Waals surface area contributed by atoms with E-state index in [0.29, 0.717) is 6.42 Å². The van der Waals surface area contributed by atoms with Crippen LogP contribution in [0.25, 0.3) is 0 Å². The number of likely N-dealkylation sites (tertiary alicyclic amines) is 1. The van der Waals surface area contributed by atoms with E-state index in [1.165, 1.54) is 25.2 Å². The Labute approximate surface area is 155 Å². The Kier molecular flexibility index (Phi) is 6.56. The molecule has 10 nitrogen and oxygen atoms in total. The number of nitro groups is 1. The number of aliphatic carboxylic acids is 1. The molecule has 0 aromatic heterocycles. The van der Waals surface area contributed by atoms with Gasteiger partial charge in [-0.1, -0.05) is 0 Å². The molecule has 27 heavy (non-hydrogen) atoms. The Morgan fingerprint density at radius 3 is 2.56 bits per heavy atom. The van der Waals surface area contributed by atoms with Gasteiger partial charge in [-0.25, -0.2) is 0 Å². The summed E-state index contributed by atoms with van der Waals surface area (Å²) >= 11 is 0. The first-order chi connectivity index (χ1) is 12.8. The third-order valence-electron chi connectivity index (χ3n) is 4.39. The van der Waals surface area contributed by atoms with Crippen LogP contribution in [0.2, 0.25) is 0 Å². The van der Waals surface area contributed by atoms with Crippen molar-refractivity contribution in [3.63, 3.8) is 0 Å². The molecule has 0 radical (unpaired) electrons. The quantitative estimate of drug-likeness (QED) is 0.531. The highest BCUT2D eigenvalue weighted by Gasteiger charge is 2.39. The molecule has 1 amide bonds. The number of methoxy groups -OCH3 is 2. The molecule has 1 aromatic rings. The molecule has 1 aliphatic rings. The molecule has 1 fully saturated rings. The van der Waals surface area contributed by atoms with Crippen LogP contribution in [0.3, 0.4) is 0 Å². The number of carbonyl (C=O) groups is 2. The monoisotopic (exact) mass is 382 g/mol. The lowest BCUT2D eigenvalue weighted by Crippen LogP contribution is -2.37. The molecule has 1 aliphatic heterocycles. The highest BCUT2D eigenvalue weighted by Crippen LogP contribution is 2.36. The first kappa shape index (κ1) is 20.4. The molecule has 1 heterocycles. The van der Waals surface area contributed by atoms with Gasteiger partial charge in [-0.2, -0.15) is 0 Å². The Balaban J connectivity index is 2.46. The SMILES string of the molecule is CCOc1cc([N+](=O)[O-])c(C(=O)N2CC(OC)CC2CC(=O)O)cc1OC. The number of hydrogen-bond donors (Lipinski definition) is 1. The number of nitro benzene ring substituents is 1. The number of carboxylic acids is 1. The van der Waals surface area contributed by atoms with E-state index in [2.05, 4.69) is 0 Å². The predicted molar refractivity (Wildman–Crippen MR) is 93.3 cm³/mol. The highest BCUT2D eigenvalue weighted by molar-refractivity contribution is 5.99. The molecule has 2 rings (SSSR count). The first-order valence-electron chi connectivity index (χ1n) is 8.37. The lowest BCUT2D eigenvalue weighted by Gasteiger charge is -2.23. The van der Waals surface area contributed by atoms with Crippen LogP contribution in [0.5, 0.6) is 11.5 Å². The summed E-state index contributed by atoms with van der Waals surface area (Å²) in [5.41, 5.74) is -0.619. The molecular formula is C17H22N2O8.